The first-order chi connectivity index (χ1) is 12.6. The average molecular weight is 425 g/mol. The summed E-state index contributed by atoms with van der Waals surface area (Å²) in [5.41, 5.74) is -0.902. The van der Waals surface area contributed by atoms with Crippen molar-refractivity contribution in [3.05, 3.63) is 62.5 Å². The number of carbonyl (C=O) groups excluding carboxylic acids is 2. The lowest BCUT2D eigenvalue weighted by Crippen LogP contribution is -2.42. The van der Waals surface area contributed by atoms with Crippen molar-refractivity contribution >= 4 is 35.7 Å². The van der Waals surface area contributed by atoms with Crippen LogP contribution >= 0.6 is 24.0 Å². The molecule has 8 heteroatoms. The SMILES string of the molecule is CC(C)(C)C(=O)c1cn2c(c(O)c1=O)C(=O)N(Cc1cccc(Cl)c1)CC2.Cl. The molecule has 1 aromatic heterocycles. The van der Waals surface area contributed by atoms with E-state index in [1.807, 2.05) is 6.07 Å². The molecule has 28 heavy (non-hydrogen) atoms. The van der Waals surface area contributed by atoms with E-state index >= 15 is 0 Å². The van der Waals surface area contributed by atoms with Crippen LogP contribution in [0.3, 0.4) is 0 Å². The topological polar surface area (TPSA) is 79.6 Å². The Kier molecular flexibility index (Phi) is 6.26. The Bertz CT molecular complexity index is 993. The first-order valence-corrected chi connectivity index (χ1v) is 9.02. The summed E-state index contributed by atoms with van der Waals surface area (Å²) >= 11 is 5.99. The Morgan fingerprint density at radius 2 is 1.89 bits per heavy atom. The number of rotatable bonds is 3. The minimum Gasteiger partial charge on any atom is -0.503 e. The van der Waals surface area contributed by atoms with Gasteiger partial charge in [-0.2, -0.15) is 0 Å². The maximum atomic E-state index is 12.8. The van der Waals surface area contributed by atoms with Gasteiger partial charge in [0.05, 0.1) is 5.56 Å². The van der Waals surface area contributed by atoms with Crippen molar-refractivity contribution in [2.24, 2.45) is 5.41 Å². The largest absolute Gasteiger partial charge is 0.503 e. The number of aromatic nitrogens is 1. The predicted octanol–water partition coefficient (Wildman–Crippen LogP) is 3.51. The van der Waals surface area contributed by atoms with E-state index in [4.69, 9.17) is 11.6 Å². The Labute approximate surface area is 174 Å². The van der Waals surface area contributed by atoms with E-state index < -0.39 is 22.5 Å². The molecule has 0 atom stereocenters. The molecular weight excluding hydrogens is 403 g/mol. The number of nitrogens with zero attached hydrogens (tertiary/aromatic N) is 2. The normalized spacial score (nSPS) is 13.7. The van der Waals surface area contributed by atoms with Gasteiger partial charge >= 0.3 is 0 Å². The number of hydrogen-bond acceptors (Lipinski definition) is 4. The van der Waals surface area contributed by atoms with Crippen molar-refractivity contribution in [1.29, 1.82) is 0 Å². The summed E-state index contributed by atoms with van der Waals surface area (Å²) in [6, 6.07) is 7.16. The first kappa shape index (κ1) is 22.0. The Balaban J connectivity index is 0.00000280. The van der Waals surface area contributed by atoms with Crippen molar-refractivity contribution in [2.75, 3.05) is 6.54 Å². The maximum Gasteiger partial charge on any atom is 0.274 e. The highest BCUT2D eigenvalue weighted by atomic mass is 35.5. The van der Waals surface area contributed by atoms with Gasteiger partial charge in [-0.25, -0.2) is 0 Å². The third-order valence-corrected chi connectivity index (χ3v) is 4.78. The number of carbonyl (C=O) groups is 2. The molecule has 0 radical (unpaired) electrons. The van der Waals surface area contributed by atoms with Crippen LogP contribution in [0, 0.1) is 5.41 Å². The molecule has 0 saturated carbocycles. The van der Waals surface area contributed by atoms with Gasteiger partial charge in [-0.1, -0.05) is 44.5 Å². The van der Waals surface area contributed by atoms with Crippen LogP contribution in [0.5, 0.6) is 5.75 Å². The third-order valence-electron chi connectivity index (χ3n) is 4.55. The number of aromatic hydroxyl groups is 1. The summed E-state index contributed by atoms with van der Waals surface area (Å²) in [5.74, 6) is -1.50. The number of benzene rings is 1. The van der Waals surface area contributed by atoms with Crippen molar-refractivity contribution < 1.29 is 14.7 Å². The second-order valence-electron chi connectivity index (χ2n) is 7.70. The molecule has 1 amide bonds. The van der Waals surface area contributed by atoms with Crippen molar-refractivity contribution in [2.45, 2.75) is 33.9 Å². The van der Waals surface area contributed by atoms with Crippen molar-refractivity contribution in [3.8, 4) is 5.75 Å². The second kappa shape index (κ2) is 7.97. The lowest BCUT2D eigenvalue weighted by Gasteiger charge is -2.31. The highest BCUT2D eigenvalue weighted by Crippen LogP contribution is 2.25. The fourth-order valence-corrected chi connectivity index (χ4v) is 3.32. The summed E-state index contributed by atoms with van der Waals surface area (Å²) in [6.07, 6.45) is 1.39. The van der Waals surface area contributed by atoms with Crippen LogP contribution in [0.15, 0.2) is 35.3 Å². The van der Waals surface area contributed by atoms with Gasteiger partial charge < -0.3 is 14.6 Å². The van der Waals surface area contributed by atoms with E-state index in [1.54, 1.807) is 43.9 Å². The highest BCUT2D eigenvalue weighted by Gasteiger charge is 2.33. The lowest BCUT2D eigenvalue weighted by atomic mass is 9.86. The second-order valence-corrected chi connectivity index (χ2v) is 8.13. The van der Waals surface area contributed by atoms with Gasteiger partial charge in [0.25, 0.3) is 5.91 Å². The van der Waals surface area contributed by atoms with Crippen molar-refractivity contribution in [3.63, 3.8) is 0 Å². The van der Waals surface area contributed by atoms with Crippen molar-refractivity contribution in [1.82, 2.24) is 9.47 Å². The number of amides is 1. The molecule has 1 aliphatic rings. The lowest BCUT2D eigenvalue weighted by molar-refractivity contribution is 0.0680. The van der Waals surface area contributed by atoms with Gasteiger partial charge in [-0.3, -0.25) is 14.4 Å². The Morgan fingerprint density at radius 1 is 1.21 bits per heavy atom. The van der Waals surface area contributed by atoms with Gasteiger partial charge in [0.2, 0.25) is 5.43 Å². The van der Waals surface area contributed by atoms with E-state index in [-0.39, 0.29) is 29.4 Å². The van der Waals surface area contributed by atoms with E-state index in [9.17, 15) is 19.5 Å². The Hall–Kier alpha value is -2.31. The monoisotopic (exact) mass is 424 g/mol. The zero-order valence-corrected chi connectivity index (χ0v) is 17.4. The molecule has 2 heterocycles. The fourth-order valence-electron chi connectivity index (χ4n) is 3.10. The maximum absolute atomic E-state index is 12.8. The zero-order valence-electron chi connectivity index (χ0n) is 15.9. The molecule has 0 fully saturated rings. The quantitative estimate of drug-likeness (QED) is 0.764. The van der Waals surface area contributed by atoms with Gasteiger partial charge in [0, 0.05) is 36.3 Å². The van der Waals surface area contributed by atoms with Crippen LogP contribution in [0.2, 0.25) is 5.02 Å². The van der Waals surface area contributed by atoms with Gasteiger partial charge in [-0.05, 0) is 17.7 Å². The van der Waals surface area contributed by atoms with Crippen LogP contribution in [0.4, 0.5) is 0 Å². The molecule has 0 aliphatic carbocycles. The molecule has 1 aliphatic heterocycles. The van der Waals surface area contributed by atoms with Crippen LogP contribution in [-0.4, -0.2) is 32.8 Å². The van der Waals surface area contributed by atoms with E-state index in [1.165, 1.54) is 10.8 Å². The molecule has 1 aromatic carbocycles. The molecule has 150 valence electrons. The van der Waals surface area contributed by atoms with E-state index in [2.05, 4.69) is 0 Å². The smallest absolute Gasteiger partial charge is 0.274 e. The first-order valence-electron chi connectivity index (χ1n) is 8.64. The number of Topliss-reactive ketones (excluding diaryl/α,β-unsaturated/α-hetero) is 1. The number of halogens is 2. The molecular formula is C20H22Cl2N2O4. The van der Waals surface area contributed by atoms with Crippen LogP contribution in [-0.2, 0) is 13.1 Å². The minimum absolute atomic E-state index is 0. The molecule has 0 unspecified atom stereocenters. The van der Waals surface area contributed by atoms with Gasteiger partial charge in [0.15, 0.2) is 17.2 Å². The van der Waals surface area contributed by atoms with Crippen LogP contribution in [0.1, 0.15) is 47.2 Å². The van der Waals surface area contributed by atoms with E-state index in [0.717, 1.165) is 5.56 Å². The predicted molar refractivity (Wildman–Crippen MR) is 110 cm³/mol. The number of hydrogen-bond donors (Lipinski definition) is 1. The van der Waals surface area contributed by atoms with E-state index in [0.29, 0.717) is 24.7 Å². The fraction of sp³-hybridized carbons (Fsp3) is 0.350. The zero-order chi connectivity index (χ0) is 19.9. The molecule has 3 rings (SSSR count). The number of fused-ring (bicyclic) bond motifs is 1. The third kappa shape index (κ3) is 4.08. The highest BCUT2D eigenvalue weighted by molar-refractivity contribution is 6.30. The molecule has 0 saturated heterocycles. The molecule has 2 aromatic rings. The summed E-state index contributed by atoms with van der Waals surface area (Å²) in [6.45, 7) is 6.19. The summed E-state index contributed by atoms with van der Waals surface area (Å²) in [5, 5.41) is 11.0. The van der Waals surface area contributed by atoms with Gasteiger partial charge in [-0.15, -0.1) is 12.4 Å². The Morgan fingerprint density at radius 3 is 2.50 bits per heavy atom. The average Bonchev–Trinajstić information content (AvgIpc) is 2.59. The molecule has 0 bridgehead atoms. The summed E-state index contributed by atoms with van der Waals surface area (Å²) in [7, 11) is 0. The summed E-state index contributed by atoms with van der Waals surface area (Å²) in [4.78, 5) is 39.4. The minimum atomic E-state index is -0.806. The van der Waals surface area contributed by atoms with Gasteiger partial charge in [0.1, 0.15) is 0 Å². The number of ketones is 1. The van der Waals surface area contributed by atoms with Crippen LogP contribution < -0.4 is 5.43 Å². The number of pyridine rings is 1. The molecule has 6 nitrogen and oxygen atoms in total. The standard InChI is InChI=1S/C20H21ClN2O4.ClH/c1-20(2,3)18(26)14-11-22-7-8-23(10-12-5-4-6-13(21)9-12)19(27)15(22)17(25)16(14)24;/h4-6,9,11,25H,7-8,10H2,1-3H3;1H. The molecule has 0 spiro atoms. The molecule has 1 N–H and O–H groups in total. The summed E-state index contributed by atoms with van der Waals surface area (Å²) < 4.78 is 1.49. The van der Waals surface area contributed by atoms with Crippen LogP contribution in [0.25, 0.3) is 0 Å².